The number of hydrogen-bond donors (Lipinski definition) is 1. The molecule has 96 valence electrons. The van der Waals surface area contributed by atoms with Gasteiger partial charge in [-0.1, -0.05) is 6.92 Å². The van der Waals surface area contributed by atoms with Gasteiger partial charge in [0.25, 0.3) is 0 Å². The molecule has 0 aliphatic carbocycles. The smallest absolute Gasteiger partial charge is 0.239 e. The molecule has 0 saturated carbocycles. The van der Waals surface area contributed by atoms with Crippen LogP contribution < -0.4 is 5.32 Å². The SMILES string of the molecule is CCN1CCOC(CNC(=O)C(C)(C)C#N)C1. The molecule has 1 rings (SSSR count). The lowest BCUT2D eigenvalue weighted by atomic mass is 9.95. The van der Waals surface area contributed by atoms with Crippen LogP contribution >= 0.6 is 0 Å². The minimum absolute atomic E-state index is 0.0298. The van der Waals surface area contributed by atoms with Crippen molar-refractivity contribution in [2.24, 2.45) is 5.41 Å². The summed E-state index contributed by atoms with van der Waals surface area (Å²) >= 11 is 0. The summed E-state index contributed by atoms with van der Waals surface area (Å²) in [4.78, 5) is 14.0. The molecule has 17 heavy (non-hydrogen) atoms. The van der Waals surface area contributed by atoms with E-state index in [-0.39, 0.29) is 12.0 Å². The summed E-state index contributed by atoms with van der Waals surface area (Å²) in [6.07, 6.45) is 0.0298. The van der Waals surface area contributed by atoms with Gasteiger partial charge in [0, 0.05) is 19.6 Å². The molecule has 5 heteroatoms. The average molecular weight is 239 g/mol. The van der Waals surface area contributed by atoms with E-state index in [1.165, 1.54) is 0 Å². The van der Waals surface area contributed by atoms with Gasteiger partial charge >= 0.3 is 0 Å². The maximum atomic E-state index is 11.7. The van der Waals surface area contributed by atoms with Crippen LogP contribution in [-0.2, 0) is 9.53 Å². The minimum Gasteiger partial charge on any atom is -0.374 e. The third-order valence-corrected chi connectivity index (χ3v) is 3.01. The van der Waals surface area contributed by atoms with Gasteiger partial charge in [-0.15, -0.1) is 0 Å². The predicted molar refractivity (Wildman–Crippen MR) is 64.3 cm³/mol. The van der Waals surface area contributed by atoms with Gasteiger partial charge in [0.2, 0.25) is 5.91 Å². The molecule has 1 unspecified atom stereocenters. The van der Waals surface area contributed by atoms with E-state index in [1.807, 2.05) is 6.07 Å². The second kappa shape index (κ2) is 5.99. The van der Waals surface area contributed by atoms with E-state index >= 15 is 0 Å². The van der Waals surface area contributed by atoms with Crippen LogP contribution in [0.15, 0.2) is 0 Å². The van der Waals surface area contributed by atoms with Crippen LogP contribution in [-0.4, -0.2) is 49.7 Å². The molecule has 1 amide bonds. The van der Waals surface area contributed by atoms with Gasteiger partial charge in [0.15, 0.2) is 0 Å². The first-order valence-electron chi connectivity index (χ1n) is 6.03. The maximum Gasteiger partial charge on any atom is 0.239 e. The molecular weight excluding hydrogens is 218 g/mol. The molecule has 1 saturated heterocycles. The lowest BCUT2D eigenvalue weighted by Gasteiger charge is -2.32. The molecule has 1 aliphatic heterocycles. The number of likely N-dealkylation sites (N-methyl/N-ethyl adjacent to an activating group) is 1. The van der Waals surface area contributed by atoms with Crippen LogP contribution in [0, 0.1) is 16.7 Å². The highest BCUT2D eigenvalue weighted by atomic mass is 16.5. The summed E-state index contributed by atoms with van der Waals surface area (Å²) in [5.74, 6) is -0.239. The molecule has 0 aromatic rings. The Morgan fingerprint density at radius 1 is 1.65 bits per heavy atom. The van der Waals surface area contributed by atoms with Crippen LogP contribution in [0.2, 0.25) is 0 Å². The molecule has 5 nitrogen and oxygen atoms in total. The Morgan fingerprint density at radius 3 is 2.94 bits per heavy atom. The third-order valence-electron chi connectivity index (χ3n) is 3.01. The van der Waals surface area contributed by atoms with E-state index in [4.69, 9.17) is 10.00 Å². The number of morpholine rings is 1. The monoisotopic (exact) mass is 239 g/mol. The van der Waals surface area contributed by atoms with Gasteiger partial charge < -0.3 is 10.1 Å². The molecular formula is C12H21N3O2. The first-order chi connectivity index (χ1) is 7.99. The van der Waals surface area contributed by atoms with Crippen molar-refractivity contribution in [3.05, 3.63) is 0 Å². The molecule has 1 atom stereocenters. The lowest BCUT2D eigenvalue weighted by Crippen LogP contribution is -2.49. The van der Waals surface area contributed by atoms with Crippen molar-refractivity contribution < 1.29 is 9.53 Å². The van der Waals surface area contributed by atoms with Crippen LogP contribution in [0.25, 0.3) is 0 Å². The zero-order chi connectivity index (χ0) is 12.9. The van der Waals surface area contributed by atoms with Gasteiger partial charge in [-0.2, -0.15) is 5.26 Å². The quantitative estimate of drug-likeness (QED) is 0.770. The van der Waals surface area contributed by atoms with Crippen LogP contribution in [0.3, 0.4) is 0 Å². The number of nitriles is 1. The van der Waals surface area contributed by atoms with E-state index in [1.54, 1.807) is 13.8 Å². The fraction of sp³-hybridized carbons (Fsp3) is 0.833. The number of nitrogens with one attached hydrogen (secondary N) is 1. The fourth-order valence-electron chi connectivity index (χ4n) is 1.67. The molecule has 0 radical (unpaired) electrons. The summed E-state index contributed by atoms with van der Waals surface area (Å²) in [5, 5.41) is 11.6. The van der Waals surface area contributed by atoms with Crippen molar-refractivity contribution in [3.8, 4) is 6.07 Å². The second-order valence-corrected chi connectivity index (χ2v) is 4.83. The molecule has 1 heterocycles. The molecule has 0 aromatic carbocycles. The third kappa shape index (κ3) is 3.99. The number of ether oxygens (including phenoxy) is 1. The van der Waals surface area contributed by atoms with Crippen molar-refractivity contribution in [2.45, 2.75) is 26.9 Å². The Balaban J connectivity index is 2.36. The maximum absolute atomic E-state index is 11.7. The lowest BCUT2D eigenvalue weighted by molar-refractivity contribution is -0.128. The predicted octanol–water partition coefficient (Wildman–Crippen LogP) is 0.373. The van der Waals surface area contributed by atoms with Crippen LogP contribution in [0.1, 0.15) is 20.8 Å². The first-order valence-corrected chi connectivity index (χ1v) is 6.03. The fourth-order valence-corrected chi connectivity index (χ4v) is 1.67. The summed E-state index contributed by atoms with van der Waals surface area (Å²) in [5.41, 5.74) is -0.973. The highest BCUT2D eigenvalue weighted by Gasteiger charge is 2.28. The van der Waals surface area contributed by atoms with Gasteiger partial charge in [0.05, 0.1) is 18.8 Å². The van der Waals surface area contributed by atoms with Crippen molar-refractivity contribution in [3.63, 3.8) is 0 Å². The molecule has 1 aliphatic rings. The summed E-state index contributed by atoms with van der Waals surface area (Å²) < 4.78 is 5.57. The Morgan fingerprint density at radius 2 is 2.35 bits per heavy atom. The largest absolute Gasteiger partial charge is 0.374 e. The number of hydrogen-bond acceptors (Lipinski definition) is 4. The molecule has 0 spiro atoms. The Hall–Kier alpha value is -1.12. The zero-order valence-electron chi connectivity index (χ0n) is 10.8. The van der Waals surface area contributed by atoms with E-state index in [0.29, 0.717) is 13.2 Å². The van der Waals surface area contributed by atoms with Crippen molar-refractivity contribution >= 4 is 5.91 Å². The Kier molecular flexibility index (Phi) is 4.91. The van der Waals surface area contributed by atoms with Gasteiger partial charge in [-0.3, -0.25) is 9.69 Å². The minimum atomic E-state index is -0.973. The molecule has 0 bridgehead atoms. The van der Waals surface area contributed by atoms with E-state index in [9.17, 15) is 4.79 Å². The highest BCUT2D eigenvalue weighted by molar-refractivity contribution is 5.84. The van der Waals surface area contributed by atoms with Crippen LogP contribution in [0.4, 0.5) is 0 Å². The van der Waals surface area contributed by atoms with Gasteiger partial charge in [-0.05, 0) is 20.4 Å². The highest BCUT2D eigenvalue weighted by Crippen LogP contribution is 2.13. The van der Waals surface area contributed by atoms with E-state index in [2.05, 4.69) is 17.1 Å². The number of nitrogens with zero attached hydrogens (tertiary/aromatic N) is 2. The van der Waals surface area contributed by atoms with Crippen molar-refractivity contribution in [1.82, 2.24) is 10.2 Å². The standard InChI is InChI=1S/C12H21N3O2/c1-4-15-5-6-17-10(8-15)7-14-11(16)12(2,3)9-13/h10H,4-8H2,1-3H3,(H,14,16). The normalized spacial score (nSPS) is 21.9. The zero-order valence-corrected chi connectivity index (χ0v) is 10.8. The Bertz CT molecular complexity index is 309. The van der Waals surface area contributed by atoms with Gasteiger partial charge in [0.1, 0.15) is 5.41 Å². The van der Waals surface area contributed by atoms with Crippen LogP contribution in [0.5, 0.6) is 0 Å². The number of amides is 1. The van der Waals surface area contributed by atoms with E-state index in [0.717, 1.165) is 19.6 Å². The topological polar surface area (TPSA) is 65.4 Å². The molecule has 1 fully saturated rings. The molecule has 0 aromatic heterocycles. The number of rotatable bonds is 4. The second-order valence-electron chi connectivity index (χ2n) is 4.83. The van der Waals surface area contributed by atoms with Crippen molar-refractivity contribution in [1.29, 1.82) is 5.26 Å². The first kappa shape index (κ1) is 13.9. The summed E-state index contributed by atoms with van der Waals surface area (Å²) in [6.45, 7) is 9.30. The van der Waals surface area contributed by atoms with E-state index < -0.39 is 5.41 Å². The summed E-state index contributed by atoms with van der Waals surface area (Å²) in [7, 11) is 0. The number of carbonyl (C=O) groups is 1. The average Bonchev–Trinajstić information content (AvgIpc) is 2.36. The summed E-state index contributed by atoms with van der Waals surface area (Å²) in [6, 6.07) is 1.99. The van der Waals surface area contributed by atoms with Crippen molar-refractivity contribution in [2.75, 3.05) is 32.8 Å². The number of carbonyl (C=O) groups excluding carboxylic acids is 1. The molecule has 1 N–H and O–H groups in total. The Labute approximate surface area is 103 Å². The van der Waals surface area contributed by atoms with Gasteiger partial charge in [-0.25, -0.2) is 0 Å².